The summed E-state index contributed by atoms with van der Waals surface area (Å²) in [5.41, 5.74) is 1.60. The van der Waals surface area contributed by atoms with Crippen LogP contribution in [0.2, 0.25) is 5.02 Å². The fourth-order valence-electron chi connectivity index (χ4n) is 5.29. The molecule has 4 nitrogen and oxygen atoms in total. The summed E-state index contributed by atoms with van der Waals surface area (Å²) in [6.45, 7) is 6.78. The van der Waals surface area contributed by atoms with Crippen LogP contribution in [0, 0.1) is 12.3 Å². The van der Waals surface area contributed by atoms with Gasteiger partial charge in [-0.2, -0.15) is 0 Å². The second kappa shape index (κ2) is 7.05. The number of nitrogens with zero attached hydrogens (tertiary/aromatic N) is 3. The number of likely N-dealkylation sites (tertiary alicyclic amines) is 1. The van der Waals surface area contributed by atoms with Crippen LogP contribution < -0.4 is 4.90 Å². The summed E-state index contributed by atoms with van der Waals surface area (Å²) in [7, 11) is 0. The van der Waals surface area contributed by atoms with Gasteiger partial charge in [0.05, 0.1) is 11.1 Å². The maximum absolute atomic E-state index is 9.78. The van der Waals surface area contributed by atoms with Gasteiger partial charge >= 0.3 is 0 Å². The van der Waals surface area contributed by atoms with E-state index in [4.69, 9.17) is 11.6 Å². The minimum Gasteiger partial charge on any atom is -0.393 e. The highest BCUT2D eigenvalue weighted by Crippen LogP contribution is 2.42. The standard InChI is InChI=1S/C20H30ClN3O/c1-15-11-16(21)12-22-19(15)24-9-2-7-20(14-24)8-10-23(13-20)17-3-5-18(25)6-4-17/h11-12,17-18,25H,2-10,13-14H2,1H3/t17?,18?,20-/m1/s1. The minimum atomic E-state index is -0.0584. The van der Waals surface area contributed by atoms with Gasteiger partial charge in [-0.15, -0.1) is 0 Å². The Morgan fingerprint density at radius 1 is 1.16 bits per heavy atom. The van der Waals surface area contributed by atoms with Crippen molar-refractivity contribution >= 4 is 17.4 Å². The number of aryl methyl sites for hydroxylation is 1. The average molecular weight is 364 g/mol. The van der Waals surface area contributed by atoms with E-state index < -0.39 is 0 Å². The van der Waals surface area contributed by atoms with Crippen molar-refractivity contribution in [1.82, 2.24) is 9.88 Å². The highest BCUT2D eigenvalue weighted by Gasteiger charge is 2.43. The molecule has 1 aliphatic carbocycles. The SMILES string of the molecule is Cc1cc(Cl)cnc1N1CCC[C@]2(CCN(C3CCC(O)CC3)C2)C1. The molecule has 138 valence electrons. The van der Waals surface area contributed by atoms with E-state index in [9.17, 15) is 5.11 Å². The number of aromatic nitrogens is 1. The van der Waals surface area contributed by atoms with Crippen molar-refractivity contribution in [3.05, 3.63) is 22.8 Å². The van der Waals surface area contributed by atoms with Crippen LogP contribution in [-0.2, 0) is 0 Å². The van der Waals surface area contributed by atoms with Gasteiger partial charge in [-0.25, -0.2) is 4.98 Å². The maximum Gasteiger partial charge on any atom is 0.131 e. The highest BCUT2D eigenvalue weighted by molar-refractivity contribution is 6.30. The fraction of sp³-hybridized carbons (Fsp3) is 0.750. The fourth-order valence-corrected chi connectivity index (χ4v) is 5.50. The molecule has 3 fully saturated rings. The Bertz CT molecular complexity index is 617. The van der Waals surface area contributed by atoms with Gasteiger partial charge in [-0.05, 0) is 70.0 Å². The van der Waals surface area contributed by atoms with Crippen LogP contribution in [-0.4, -0.2) is 53.3 Å². The molecule has 4 rings (SSSR count). The zero-order valence-corrected chi connectivity index (χ0v) is 16.0. The van der Waals surface area contributed by atoms with Crippen molar-refractivity contribution in [2.45, 2.75) is 64.0 Å². The van der Waals surface area contributed by atoms with Crippen molar-refractivity contribution in [3.8, 4) is 0 Å². The number of aliphatic hydroxyl groups is 1. The minimum absolute atomic E-state index is 0.0584. The van der Waals surface area contributed by atoms with E-state index in [2.05, 4.69) is 21.7 Å². The largest absolute Gasteiger partial charge is 0.393 e. The van der Waals surface area contributed by atoms with Crippen molar-refractivity contribution in [1.29, 1.82) is 0 Å². The number of rotatable bonds is 2. The first-order valence-electron chi connectivity index (χ1n) is 9.84. The third-order valence-corrected chi connectivity index (χ3v) is 6.84. The molecule has 0 amide bonds. The van der Waals surface area contributed by atoms with Gasteiger partial charge in [0.2, 0.25) is 0 Å². The summed E-state index contributed by atoms with van der Waals surface area (Å²) in [5.74, 6) is 1.11. The molecule has 2 aliphatic heterocycles. The molecule has 0 radical (unpaired) electrons. The molecule has 5 heteroatoms. The van der Waals surface area contributed by atoms with E-state index in [0.717, 1.165) is 36.8 Å². The lowest BCUT2D eigenvalue weighted by Crippen LogP contribution is -2.47. The summed E-state index contributed by atoms with van der Waals surface area (Å²) in [6, 6.07) is 2.72. The Kier molecular flexibility index (Phi) is 4.96. The van der Waals surface area contributed by atoms with Crippen molar-refractivity contribution in [3.63, 3.8) is 0 Å². The Balaban J connectivity index is 1.44. The predicted molar refractivity (Wildman–Crippen MR) is 102 cm³/mol. The van der Waals surface area contributed by atoms with E-state index in [1.807, 2.05) is 6.07 Å². The highest BCUT2D eigenvalue weighted by atomic mass is 35.5. The van der Waals surface area contributed by atoms with Gasteiger partial charge in [0.1, 0.15) is 5.82 Å². The number of piperidine rings is 1. The third-order valence-electron chi connectivity index (χ3n) is 6.63. The van der Waals surface area contributed by atoms with Gasteiger partial charge < -0.3 is 10.0 Å². The molecule has 3 aliphatic rings. The monoisotopic (exact) mass is 363 g/mol. The van der Waals surface area contributed by atoms with E-state index >= 15 is 0 Å². The number of pyridine rings is 1. The van der Waals surface area contributed by atoms with Crippen LogP contribution in [0.15, 0.2) is 12.3 Å². The summed E-state index contributed by atoms with van der Waals surface area (Å²) < 4.78 is 0. The topological polar surface area (TPSA) is 39.6 Å². The second-order valence-electron chi connectivity index (χ2n) is 8.50. The number of hydrogen-bond acceptors (Lipinski definition) is 4. The van der Waals surface area contributed by atoms with Gasteiger partial charge in [-0.3, -0.25) is 4.90 Å². The Labute approximate surface area is 156 Å². The molecule has 1 aromatic heterocycles. The number of aliphatic hydroxyl groups excluding tert-OH is 1. The van der Waals surface area contributed by atoms with E-state index in [1.54, 1.807) is 6.20 Å². The lowest BCUT2D eigenvalue weighted by molar-refractivity contribution is 0.0770. The lowest BCUT2D eigenvalue weighted by Gasteiger charge is -2.42. The molecule has 1 spiro atoms. The lowest BCUT2D eigenvalue weighted by atomic mass is 9.79. The first-order chi connectivity index (χ1) is 12.0. The Morgan fingerprint density at radius 3 is 2.72 bits per heavy atom. The van der Waals surface area contributed by atoms with Crippen molar-refractivity contribution in [2.24, 2.45) is 5.41 Å². The smallest absolute Gasteiger partial charge is 0.131 e. The van der Waals surface area contributed by atoms with Crippen molar-refractivity contribution in [2.75, 3.05) is 31.1 Å². The van der Waals surface area contributed by atoms with Crippen LogP contribution in [0.3, 0.4) is 0 Å². The number of anilines is 1. The van der Waals surface area contributed by atoms with Crippen LogP contribution in [0.4, 0.5) is 5.82 Å². The zero-order chi connectivity index (χ0) is 17.4. The van der Waals surface area contributed by atoms with Crippen LogP contribution in [0.25, 0.3) is 0 Å². The molecule has 1 N–H and O–H groups in total. The molecule has 25 heavy (non-hydrogen) atoms. The number of halogens is 1. The van der Waals surface area contributed by atoms with Gasteiger partial charge in [0, 0.05) is 37.3 Å². The van der Waals surface area contributed by atoms with Crippen LogP contribution >= 0.6 is 11.6 Å². The molecule has 0 bridgehead atoms. The number of hydrogen-bond donors (Lipinski definition) is 1. The molecule has 0 unspecified atom stereocenters. The normalized spacial score (nSPS) is 34.0. The van der Waals surface area contributed by atoms with Crippen LogP contribution in [0.5, 0.6) is 0 Å². The molecular formula is C20H30ClN3O. The molecule has 0 aromatic carbocycles. The van der Waals surface area contributed by atoms with E-state index in [1.165, 1.54) is 50.8 Å². The first kappa shape index (κ1) is 17.6. The zero-order valence-electron chi connectivity index (χ0n) is 15.3. The molecule has 3 heterocycles. The molecule has 1 saturated carbocycles. The van der Waals surface area contributed by atoms with Gasteiger partial charge in [0.15, 0.2) is 0 Å². The Hall–Kier alpha value is -0.840. The summed E-state index contributed by atoms with van der Waals surface area (Å²) in [6.07, 6.45) is 9.90. The maximum atomic E-state index is 9.78. The Morgan fingerprint density at radius 2 is 1.96 bits per heavy atom. The summed E-state index contributed by atoms with van der Waals surface area (Å²) in [4.78, 5) is 9.83. The quantitative estimate of drug-likeness (QED) is 0.870. The summed E-state index contributed by atoms with van der Waals surface area (Å²) >= 11 is 6.09. The average Bonchev–Trinajstić information content (AvgIpc) is 2.99. The van der Waals surface area contributed by atoms with Crippen LogP contribution in [0.1, 0.15) is 50.5 Å². The first-order valence-corrected chi connectivity index (χ1v) is 10.2. The molecular weight excluding hydrogens is 334 g/mol. The van der Waals surface area contributed by atoms with Gasteiger partial charge in [-0.1, -0.05) is 11.6 Å². The molecule has 1 atom stereocenters. The van der Waals surface area contributed by atoms with Crippen molar-refractivity contribution < 1.29 is 5.11 Å². The third kappa shape index (κ3) is 3.67. The van der Waals surface area contributed by atoms with Gasteiger partial charge in [0.25, 0.3) is 0 Å². The molecule has 2 saturated heterocycles. The second-order valence-corrected chi connectivity index (χ2v) is 8.94. The van der Waals surface area contributed by atoms with E-state index in [0.29, 0.717) is 11.5 Å². The summed E-state index contributed by atoms with van der Waals surface area (Å²) in [5, 5.41) is 10.5. The predicted octanol–water partition coefficient (Wildman–Crippen LogP) is 3.64. The van der Waals surface area contributed by atoms with E-state index in [-0.39, 0.29) is 6.10 Å². The molecule has 1 aromatic rings.